The molecule has 0 aliphatic carbocycles. The molecule has 6 nitrogen and oxygen atoms in total. The van der Waals surface area contributed by atoms with Crippen molar-refractivity contribution in [2.75, 3.05) is 13.2 Å². The summed E-state index contributed by atoms with van der Waals surface area (Å²) in [4.78, 5) is 24.6. The fourth-order valence-corrected chi connectivity index (χ4v) is 10.9. The Hall–Kier alpha value is -1.40. The molecule has 0 radical (unpaired) electrons. The molecule has 74 heavy (non-hydrogen) atoms. The van der Waals surface area contributed by atoms with Crippen LogP contribution in [0.1, 0.15) is 386 Å². The number of hydrogen-bond donors (Lipinski definition) is 3. The maximum Gasteiger partial charge on any atom is 0.305 e. The number of amides is 1. The van der Waals surface area contributed by atoms with Gasteiger partial charge in [-0.15, -0.1) is 0 Å². The third-order valence-electron chi connectivity index (χ3n) is 16.1. The monoisotopic (exact) mass is 1040 g/mol. The molecule has 6 heteroatoms. The van der Waals surface area contributed by atoms with E-state index >= 15 is 0 Å². The predicted molar refractivity (Wildman–Crippen MR) is 324 cm³/mol. The van der Waals surface area contributed by atoms with Gasteiger partial charge in [0, 0.05) is 12.8 Å². The van der Waals surface area contributed by atoms with Gasteiger partial charge in [-0.3, -0.25) is 9.59 Å². The van der Waals surface area contributed by atoms with Crippen molar-refractivity contribution in [1.82, 2.24) is 5.32 Å². The Bertz CT molecular complexity index is 1110. The number of carbonyl (C=O) groups excluding carboxylic acids is 2. The number of esters is 1. The van der Waals surface area contributed by atoms with Gasteiger partial charge in [0.15, 0.2) is 0 Å². The molecule has 3 N–H and O–H groups in total. The van der Waals surface area contributed by atoms with E-state index in [1.807, 2.05) is 6.08 Å². The predicted octanol–water partition coefficient (Wildman–Crippen LogP) is 21.6. The zero-order chi connectivity index (χ0) is 53.6. The molecule has 0 saturated carbocycles. The SMILES string of the molecule is CCCCCCCCCCCCCCCC/C=C/C(O)C(CO)NC(=O)CCCCCCCCCCCCCCCCCCCCCCCCOC(=O)CCCCCCCCCCCCCCCCCCCCC. The highest BCUT2D eigenvalue weighted by atomic mass is 16.5. The molecule has 0 aromatic carbocycles. The van der Waals surface area contributed by atoms with Gasteiger partial charge in [0.25, 0.3) is 0 Å². The Labute approximate surface area is 463 Å². The highest BCUT2D eigenvalue weighted by molar-refractivity contribution is 5.76. The van der Waals surface area contributed by atoms with E-state index in [1.165, 1.54) is 321 Å². The van der Waals surface area contributed by atoms with E-state index in [2.05, 4.69) is 19.2 Å². The number of unbranched alkanes of at least 4 members (excludes halogenated alkanes) is 53. The van der Waals surface area contributed by atoms with Gasteiger partial charge in [-0.2, -0.15) is 0 Å². The molecular formula is C68H133NO5. The molecular weight excluding hydrogens is 911 g/mol. The molecule has 0 aromatic heterocycles. The third-order valence-corrected chi connectivity index (χ3v) is 16.1. The molecule has 0 saturated heterocycles. The van der Waals surface area contributed by atoms with Crippen molar-refractivity contribution in [3.8, 4) is 0 Å². The second-order valence-corrected chi connectivity index (χ2v) is 23.5. The minimum Gasteiger partial charge on any atom is -0.466 e. The molecule has 0 aromatic rings. The molecule has 0 fully saturated rings. The van der Waals surface area contributed by atoms with Crippen LogP contribution in [0.4, 0.5) is 0 Å². The summed E-state index contributed by atoms with van der Waals surface area (Å²) in [5, 5.41) is 23.2. The number of allylic oxidation sites excluding steroid dienone is 1. The lowest BCUT2D eigenvalue weighted by molar-refractivity contribution is -0.143. The summed E-state index contributed by atoms with van der Waals surface area (Å²) in [6, 6.07) is -0.627. The van der Waals surface area contributed by atoms with Crippen molar-refractivity contribution in [3.63, 3.8) is 0 Å². The molecule has 0 rings (SSSR count). The summed E-state index contributed by atoms with van der Waals surface area (Å²) in [7, 11) is 0. The zero-order valence-corrected chi connectivity index (χ0v) is 50.4. The van der Waals surface area contributed by atoms with Crippen LogP contribution in [0.3, 0.4) is 0 Å². The first-order valence-electron chi connectivity index (χ1n) is 34.0. The molecule has 1 amide bonds. The second-order valence-electron chi connectivity index (χ2n) is 23.5. The number of rotatable bonds is 64. The lowest BCUT2D eigenvalue weighted by Crippen LogP contribution is -2.45. The standard InChI is InChI=1S/C68H133NO5/c1-3-5-7-9-11-13-15-17-19-21-26-30-34-38-42-46-50-54-58-62-68(73)74-63-59-55-51-47-43-39-35-31-28-25-23-22-24-27-29-33-37-41-45-49-53-57-61-67(72)69-65(64-70)66(71)60-56-52-48-44-40-36-32-20-18-16-14-12-10-8-6-4-2/h56,60,65-66,70-71H,3-55,57-59,61-64H2,1-2H3,(H,69,72)/b60-56+. The average molecular weight is 1040 g/mol. The lowest BCUT2D eigenvalue weighted by Gasteiger charge is -2.20. The van der Waals surface area contributed by atoms with Crippen molar-refractivity contribution in [2.45, 2.75) is 398 Å². The van der Waals surface area contributed by atoms with Gasteiger partial charge in [-0.05, 0) is 32.1 Å². The Morgan fingerprint density at radius 3 is 0.919 bits per heavy atom. The Morgan fingerprint density at radius 2 is 0.622 bits per heavy atom. The summed E-state index contributed by atoms with van der Waals surface area (Å²) < 4.78 is 5.51. The summed E-state index contributed by atoms with van der Waals surface area (Å²) in [5.74, 6) is -0.0465. The fraction of sp³-hybridized carbons (Fsp3) is 0.941. The normalized spacial score (nSPS) is 12.5. The minimum absolute atomic E-state index is 0.0185. The Morgan fingerprint density at radius 1 is 0.365 bits per heavy atom. The summed E-state index contributed by atoms with van der Waals surface area (Å²) in [5.41, 5.74) is 0. The van der Waals surface area contributed by atoms with E-state index in [4.69, 9.17) is 4.74 Å². The zero-order valence-electron chi connectivity index (χ0n) is 50.4. The van der Waals surface area contributed by atoms with Gasteiger partial charge < -0.3 is 20.3 Å². The summed E-state index contributed by atoms with van der Waals surface area (Å²) in [6.07, 6.45) is 78.5. The number of hydrogen-bond acceptors (Lipinski definition) is 5. The number of ether oxygens (including phenoxy) is 1. The van der Waals surface area contributed by atoms with Crippen molar-refractivity contribution < 1.29 is 24.5 Å². The van der Waals surface area contributed by atoms with Crippen LogP contribution in [0, 0.1) is 0 Å². The van der Waals surface area contributed by atoms with Gasteiger partial charge in [0.05, 0.1) is 25.4 Å². The number of aliphatic hydroxyl groups excluding tert-OH is 2. The lowest BCUT2D eigenvalue weighted by atomic mass is 10.0. The van der Waals surface area contributed by atoms with Crippen LogP contribution in [0.5, 0.6) is 0 Å². The van der Waals surface area contributed by atoms with Gasteiger partial charge in [-0.1, -0.05) is 353 Å². The van der Waals surface area contributed by atoms with Gasteiger partial charge >= 0.3 is 5.97 Å². The van der Waals surface area contributed by atoms with E-state index in [9.17, 15) is 19.8 Å². The van der Waals surface area contributed by atoms with E-state index in [0.717, 1.165) is 38.5 Å². The topological polar surface area (TPSA) is 95.9 Å². The highest BCUT2D eigenvalue weighted by Gasteiger charge is 2.18. The van der Waals surface area contributed by atoms with Crippen molar-refractivity contribution in [1.29, 1.82) is 0 Å². The van der Waals surface area contributed by atoms with Gasteiger partial charge in [0.2, 0.25) is 5.91 Å². The molecule has 0 spiro atoms. The number of aliphatic hydroxyl groups is 2. The van der Waals surface area contributed by atoms with Crippen LogP contribution < -0.4 is 5.32 Å². The van der Waals surface area contributed by atoms with Gasteiger partial charge in [-0.25, -0.2) is 0 Å². The van der Waals surface area contributed by atoms with Crippen molar-refractivity contribution in [2.24, 2.45) is 0 Å². The van der Waals surface area contributed by atoms with E-state index in [0.29, 0.717) is 19.4 Å². The largest absolute Gasteiger partial charge is 0.466 e. The molecule has 0 heterocycles. The van der Waals surface area contributed by atoms with Crippen LogP contribution in [-0.4, -0.2) is 47.4 Å². The molecule has 2 unspecified atom stereocenters. The first kappa shape index (κ1) is 72.6. The van der Waals surface area contributed by atoms with Crippen LogP contribution in [0.15, 0.2) is 12.2 Å². The van der Waals surface area contributed by atoms with E-state index in [1.54, 1.807) is 6.08 Å². The average Bonchev–Trinajstić information content (AvgIpc) is 3.40. The van der Waals surface area contributed by atoms with Crippen LogP contribution in [0.2, 0.25) is 0 Å². The Kier molecular flexibility index (Phi) is 62.9. The molecule has 440 valence electrons. The van der Waals surface area contributed by atoms with Crippen molar-refractivity contribution in [3.05, 3.63) is 12.2 Å². The van der Waals surface area contributed by atoms with Crippen LogP contribution >= 0.6 is 0 Å². The molecule has 0 aliphatic heterocycles. The highest BCUT2D eigenvalue weighted by Crippen LogP contribution is 2.19. The van der Waals surface area contributed by atoms with Crippen molar-refractivity contribution >= 4 is 11.9 Å². The van der Waals surface area contributed by atoms with E-state index < -0.39 is 12.1 Å². The first-order chi connectivity index (χ1) is 36.5. The summed E-state index contributed by atoms with van der Waals surface area (Å²) >= 11 is 0. The smallest absolute Gasteiger partial charge is 0.305 e. The maximum atomic E-state index is 12.5. The number of nitrogens with one attached hydrogen (secondary N) is 1. The number of carbonyl (C=O) groups is 2. The minimum atomic E-state index is -0.844. The van der Waals surface area contributed by atoms with Crippen LogP contribution in [0.25, 0.3) is 0 Å². The maximum absolute atomic E-state index is 12.5. The quantitative estimate of drug-likeness (QED) is 0.0320. The molecule has 0 aliphatic rings. The summed E-state index contributed by atoms with van der Waals surface area (Å²) in [6.45, 7) is 4.94. The fourth-order valence-electron chi connectivity index (χ4n) is 10.9. The van der Waals surface area contributed by atoms with E-state index in [-0.39, 0.29) is 18.5 Å². The van der Waals surface area contributed by atoms with Gasteiger partial charge in [0.1, 0.15) is 0 Å². The molecule has 0 bridgehead atoms. The molecule has 2 atom stereocenters. The Balaban J connectivity index is 3.36. The second kappa shape index (κ2) is 64.1. The first-order valence-corrected chi connectivity index (χ1v) is 34.0. The van der Waals surface area contributed by atoms with Crippen LogP contribution in [-0.2, 0) is 14.3 Å². The third kappa shape index (κ3) is 59.8.